The first-order chi connectivity index (χ1) is 12.3. The predicted octanol–water partition coefficient (Wildman–Crippen LogP) is -0.283. The second kappa shape index (κ2) is 10.2. The average Bonchev–Trinajstić information content (AvgIpc) is 3.15. The second-order valence-corrected chi connectivity index (χ2v) is 6.22. The summed E-state index contributed by atoms with van der Waals surface area (Å²) in [6.07, 6.45) is 1.11. The van der Waals surface area contributed by atoms with Gasteiger partial charge in [-0.3, -0.25) is 19.3 Å². The van der Waals surface area contributed by atoms with Crippen molar-refractivity contribution in [2.24, 2.45) is 5.73 Å². The van der Waals surface area contributed by atoms with E-state index in [0.717, 1.165) is 11.3 Å². The molecule has 0 aromatic rings. The van der Waals surface area contributed by atoms with Crippen LogP contribution in [0.25, 0.3) is 0 Å². The number of carbonyl (C=O) groups excluding carboxylic acids is 4. The molecule has 9 heteroatoms. The van der Waals surface area contributed by atoms with Crippen LogP contribution < -0.4 is 11.1 Å². The molecule has 1 aliphatic heterocycles. The van der Waals surface area contributed by atoms with Crippen LogP contribution in [0.15, 0.2) is 0 Å². The van der Waals surface area contributed by atoms with E-state index in [1.54, 1.807) is 13.8 Å². The molecule has 26 heavy (non-hydrogen) atoms. The van der Waals surface area contributed by atoms with E-state index >= 15 is 0 Å². The van der Waals surface area contributed by atoms with Crippen molar-refractivity contribution in [1.29, 1.82) is 0 Å². The number of nitrogens with two attached hydrogens (primary N) is 1. The molecule has 0 aliphatic carbocycles. The fourth-order valence-electron chi connectivity index (χ4n) is 2.95. The summed E-state index contributed by atoms with van der Waals surface area (Å²) in [4.78, 5) is 50.7. The Balaban J connectivity index is 3.17. The molecule has 1 rings (SSSR count). The third-order valence-electron chi connectivity index (χ3n) is 4.33. The summed E-state index contributed by atoms with van der Waals surface area (Å²) >= 11 is 0. The molecule has 148 valence electrons. The van der Waals surface area contributed by atoms with Gasteiger partial charge in [0.15, 0.2) is 0 Å². The number of ether oxygens (including phenoxy) is 2. The summed E-state index contributed by atoms with van der Waals surface area (Å²) in [7, 11) is 0. The molecule has 1 saturated heterocycles. The van der Waals surface area contributed by atoms with Crippen molar-refractivity contribution < 1.29 is 28.7 Å². The fourth-order valence-corrected chi connectivity index (χ4v) is 2.95. The number of amides is 2. The summed E-state index contributed by atoms with van der Waals surface area (Å²) in [6, 6.07) is -0.568. The Morgan fingerprint density at radius 2 is 1.85 bits per heavy atom. The number of imide groups is 1. The molecule has 2 atom stereocenters. The van der Waals surface area contributed by atoms with Crippen LogP contribution in [0.5, 0.6) is 0 Å². The zero-order valence-electron chi connectivity index (χ0n) is 15.7. The van der Waals surface area contributed by atoms with Crippen LogP contribution in [-0.4, -0.2) is 66.5 Å². The van der Waals surface area contributed by atoms with Crippen LogP contribution in [0, 0.1) is 0 Å². The molecule has 0 aromatic heterocycles. The molecular formula is C17H29N3O6. The first-order valence-corrected chi connectivity index (χ1v) is 8.95. The molecular weight excluding hydrogens is 342 g/mol. The van der Waals surface area contributed by atoms with Gasteiger partial charge < -0.3 is 20.5 Å². The molecule has 0 aromatic carbocycles. The monoisotopic (exact) mass is 371 g/mol. The quantitative estimate of drug-likeness (QED) is 0.530. The summed E-state index contributed by atoms with van der Waals surface area (Å²) in [6.45, 7) is 5.21. The number of esters is 2. The van der Waals surface area contributed by atoms with Crippen molar-refractivity contribution in [3.63, 3.8) is 0 Å². The molecule has 1 aliphatic rings. The summed E-state index contributed by atoms with van der Waals surface area (Å²) < 4.78 is 9.98. The van der Waals surface area contributed by atoms with Gasteiger partial charge in [-0.15, -0.1) is 0 Å². The number of nitrogens with zero attached hydrogens (tertiary/aromatic N) is 1. The van der Waals surface area contributed by atoms with Crippen molar-refractivity contribution in [1.82, 2.24) is 10.2 Å². The van der Waals surface area contributed by atoms with Gasteiger partial charge in [0.25, 0.3) is 0 Å². The topological polar surface area (TPSA) is 128 Å². The number of carbonyl (C=O) groups is 4. The third-order valence-corrected chi connectivity index (χ3v) is 4.33. The minimum absolute atomic E-state index is 0.0777. The van der Waals surface area contributed by atoms with Crippen molar-refractivity contribution in [3.05, 3.63) is 0 Å². The van der Waals surface area contributed by atoms with Gasteiger partial charge in [0.05, 0.1) is 25.8 Å². The summed E-state index contributed by atoms with van der Waals surface area (Å²) in [5.41, 5.74) is 3.84. The van der Waals surface area contributed by atoms with E-state index in [9.17, 15) is 19.2 Å². The van der Waals surface area contributed by atoms with Crippen molar-refractivity contribution in [2.75, 3.05) is 26.3 Å². The van der Waals surface area contributed by atoms with Gasteiger partial charge in [-0.1, -0.05) is 0 Å². The largest absolute Gasteiger partial charge is 0.466 e. The lowest BCUT2D eigenvalue weighted by molar-refractivity contribution is -0.170. The van der Waals surface area contributed by atoms with Gasteiger partial charge >= 0.3 is 11.9 Å². The summed E-state index contributed by atoms with van der Waals surface area (Å²) in [5, 5.41) is 3.02. The van der Waals surface area contributed by atoms with Crippen LogP contribution in [0.4, 0.5) is 0 Å². The number of hydrogen-bond donors (Lipinski definition) is 2. The number of rotatable bonds is 9. The molecule has 0 unspecified atom stereocenters. The highest BCUT2D eigenvalue weighted by Gasteiger charge is 2.48. The van der Waals surface area contributed by atoms with Crippen LogP contribution in [-0.2, 0) is 28.7 Å². The Kier molecular flexibility index (Phi) is 8.67. The minimum Gasteiger partial charge on any atom is -0.466 e. The maximum atomic E-state index is 12.9. The molecule has 1 fully saturated rings. The van der Waals surface area contributed by atoms with Crippen LogP contribution in [0.2, 0.25) is 0 Å². The third kappa shape index (κ3) is 5.25. The SMILES string of the molecule is CCOC(=O)CC[C@@](C)(C(=O)OCC)N(C(=O)CN)C(=O)[C@@H]1CCCN1. The van der Waals surface area contributed by atoms with E-state index in [0.29, 0.717) is 13.0 Å². The Bertz CT molecular complexity index is 533. The van der Waals surface area contributed by atoms with E-state index < -0.39 is 41.9 Å². The standard InChI is InChI=1S/C17H29N3O6/c1-4-25-14(22)8-9-17(3,16(24)26-5-2)20(13(21)11-18)15(23)12-7-6-10-19-12/h12,19H,4-11,18H2,1-3H3/t12-,17-/m0/s1. The molecule has 0 saturated carbocycles. The maximum absolute atomic E-state index is 12.9. The zero-order chi connectivity index (χ0) is 19.7. The van der Waals surface area contributed by atoms with Crippen molar-refractivity contribution in [3.8, 4) is 0 Å². The van der Waals surface area contributed by atoms with E-state index in [1.165, 1.54) is 6.92 Å². The molecule has 0 radical (unpaired) electrons. The fraction of sp³-hybridized carbons (Fsp3) is 0.765. The van der Waals surface area contributed by atoms with E-state index in [4.69, 9.17) is 15.2 Å². The maximum Gasteiger partial charge on any atom is 0.332 e. The summed E-state index contributed by atoms with van der Waals surface area (Å²) in [5.74, 6) is -2.49. The lowest BCUT2D eigenvalue weighted by atomic mass is 9.91. The Labute approximate surface area is 153 Å². The van der Waals surface area contributed by atoms with Gasteiger partial charge in [-0.25, -0.2) is 4.79 Å². The number of hydrogen-bond acceptors (Lipinski definition) is 8. The Morgan fingerprint density at radius 1 is 1.19 bits per heavy atom. The van der Waals surface area contributed by atoms with Crippen molar-refractivity contribution >= 4 is 23.8 Å². The Hall–Kier alpha value is -2.00. The smallest absolute Gasteiger partial charge is 0.332 e. The molecule has 3 N–H and O–H groups in total. The predicted molar refractivity (Wildman–Crippen MR) is 92.8 cm³/mol. The van der Waals surface area contributed by atoms with Gasteiger partial charge in [0, 0.05) is 6.42 Å². The second-order valence-electron chi connectivity index (χ2n) is 6.22. The van der Waals surface area contributed by atoms with Gasteiger partial charge in [-0.05, 0) is 46.6 Å². The lowest BCUT2D eigenvalue weighted by Gasteiger charge is -2.38. The molecule has 0 bridgehead atoms. The van der Waals surface area contributed by atoms with Crippen LogP contribution in [0.3, 0.4) is 0 Å². The zero-order valence-corrected chi connectivity index (χ0v) is 15.7. The highest BCUT2D eigenvalue weighted by molar-refractivity contribution is 6.04. The lowest BCUT2D eigenvalue weighted by Crippen LogP contribution is -2.62. The molecule has 1 heterocycles. The number of nitrogens with one attached hydrogen (secondary N) is 1. The van der Waals surface area contributed by atoms with Gasteiger partial charge in [-0.2, -0.15) is 0 Å². The Morgan fingerprint density at radius 3 is 2.35 bits per heavy atom. The molecule has 2 amide bonds. The first-order valence-electron chi connectivity index (χ1n) is 8.95. The average molecular weight is 371 g/mol. The normalized spacial score (nSPS) is 18.7. The highest BCUT2D eigenvalue weighted by atomic mass is 16.5. The molecule has 9 nitrogen and oxygen atoms in total. The van der Waals surface area contributed by atoms with Crippen LogP contribution >= 0.6 is 0 Å². The van der Waals surface area contributed by atoms with Crippen molar-refractivity contribution in [2.45, 2.75) is 58.0 Å². The van der Waals surface area contributed by atoms with E-state index in [-0.39, 0.29) is 26.1 Å². The minimum atomic E-state index is -1.64. The van der Waals surface area contributed by atoms with E-state index in [2.05, 4.69) is 5.32 Å². The van der Waals surface area contributed by atoms with Gasteiger partial charge in [0.2, 0.25) is 11.8 Å². The first kappa shape index (κ1) is 22.0. The van der Waals surface area contributed by atoms with Crippen LogP contribution in [0.1, 0.15) is 46.5 Å². The van der Waals surface area contributed by atoms with E-state index in [1.807, 2.05) is 0 Å². The van der Waals surface area contributed by atoms with Gasteiger partial charge in [0.1, 0.15) is 5.54 Å². The molecule has 0 spiro atoms. The highest BCUT2D eigenvalue weighted by Crippen LogP contribution is 2.26.